The highest BCUT2D eigenvalue weighted by molar-refractivity contribution is 5.85. The van der Waals surface area contributed by atoms with Gasteiger partial charge in [0.1, 0.15) is 5.54 Å². The van der Waals surface area contributed by atoms with E-state index in [0.29, 0.717) is 13.0 Å². The number of benzene rings is 2. The average Bonchev–Trinajstić information content (AvgIpc) is 2.56. The molecule has 0 unspecified atom stereocenters. The lowest BCUT2D eigenvalue weighted by Crippen LogP contribution is -2.62. The van der Waals surface area contributed by atoms with Gasteiger partial charge in [0.15, 0.2) is 0 Å². The summed E-state index contributed by atoms with van der Waals surface area (Å²) in [5.41, 5.74) is 8.73. The second kappa shape index (κ2) is 6.05. The number of ether oxygens (including phenoxy) is 1. The zero-order valence-corrected chi connectivity index (χ0v) is 13.5. The SMILES string of the molecule is CCOC(=O)[C@@]1(N)Cc2ccccc2N(C)[C@H]1c1ccccc1. The Balaban J connectivity index is 2.13. The molecule has 1 aliphatic heterocycles. The maximum atomic E-state index is 12.7. The number of likely N-dealkylation sites (N-methyl/N-ethyl adjacent to an activating group) is 1. The first kappa shape index (κ1) is 15.6. The standard InChI is InChI=1S/C19H22N2O2/c1-3-23-18(22)19(20)13-15-11-7-8-12-16(15)21(2)17(19)14-9-5-4-6-10-14/h4-12,17H,3,13,20H2,1-2H3/t17-,19+/m0/s1. The van der Waals surface area contributed by atoms with Crippen molar-refractivity contribution in [3.8, 4) is 0 Å². The summed E-state index contributed by atoms with van der Waals surface area (Å²) < 4.78 is 5.31. The number of carbonyl (C=O) groups excluding carboxylic acids is 1. The van der Waals surface area contributed by atoms with Gasteiger partial charge in [-0.25, -0.2) is 4.79 Å². The number of carbonyl (C=O) groups is 1. The Kier molecular flexibility index (Phi) is 4.09. The Morgan fingerprint density at radius 2 is 1.87 bits per heavy atom. The van der Waals surface area contributed by atoms with Crippen LogP contribution < -0.4 is 10.6 Å². The highest BCUT2D eigenvalue weighted by Gasteiger charge is 2.50. The van der Waals surface area contributed by atoms with Gasteiger partial charge in [-0.2, -0.15) is 0 Å². The van der Waals surface area contributed by atoms with Gasteiger partial charge in [-0.1, -0.05) is 48.5 Å². The monoisotopic (exact) mass is 310 g/mol. The summed E-state index contributed by atoms with van der Waals surface area (Å²) in [5, 5.41) is 0. The van der Waals surface area contributed by atoms with Crippen molar-refractivity contribution in [2.24, 2.45) is 5.73 Å². The molecule has 0 saturated heterocycles. The Bertz CT molecular complexity index is 702. The molecule has 2 aromatic carbocycles. The van der Waals surface area contributed by atoms with Gasteiger partial charge in [-0.15, -0.1) is 0 Å². The summed E-state index contributed by atoms with van der Waals surface area (Å²) >= 11 is 0. The summed E-state index contributed by atoms with van der Waals surface area (Å²) in [7, 11) is 1.98. The number of esters is 1. The van der Waals surface area contributed by atoms with Crippen molar-refractivity contribution in [1.82, 2.24) is 0 Å². The molecule has 1 aliphatic rings. The van der Waals surface area contributed by atoms with Crippen LogP contribution in [-0.2, 0) is 16.0 Å². The van der Waals surface area contributed by atoms with Crippen molar-refractivity contribution in [2.75, 3.05) is 18.6 Å². The lowest BCUT2D eigenvalue weighted by molar-refractivity contribution is -0.150. The van der Waals surface area contributed by atoms with Crippen molar-refractivity contribution < 1.29 is 9.53 Å². The maximum Gasteiger partial charge on any atom is 0.328 e. The van der Waals surface area contributed by atoms with Gasteiger partial charge in [-0.05, 0) is 24.1 Å². The van der Waals surface area contributed by atoms with Crippen LogP contribution in [0.25, 0.3) is 0 Å². The van der Waals surface area contributed by atoms with Gasteiger partial charge in [0.2, 0.25) is 0 Å². The van der Waals surface area contributed by atoms with Gasteiger partial charge in [0, 0.05) is 19.2 Å². The zero-order valence-electron chi connectivity index (χ0n) is 13.5. The van der Waals surface area contributed by atoms with Crippen molar-refractivity contribution >= 4 is 11.7 Å². The Morgan fingerprint density at radius 3 is 2.57 bits per heavy atom. The molecule has 0 amide bonds. The molecule has 3 rings (SSSR count). The molecule has 0 saturated carbocycles. The summed E-state index contributed by atoms with van der Waals surface area (Å²) in [6, 6.07) is 17.7. The molecule has 120 valence electrons. The number of anilines is 1. The van der Waals surface area contributed by atoms with Gasteiger partial charge in [0.25, 0.3) is 0 Å². The molecular weight excluding hydrogens is 288 g/mol. The van der Waals surface area contributed by atoms with Crippen LogP contribution in [0.4, 0.5) is 5.69 Å². The second-order valence-electron chi connectivity index (χ2n) is 5.99. The molecule has 0 aliphatic carbocycles. The van der Waals surface area contributed by atoms with Gasteiger partial charge >= 0.3 is 5.97 Å². The number of hydrogen-bond acceptors (Lipinski definition) is 4. The smallest absolute Gasteiger partial charge is 0.328 e. The number of para-hydroxylation sites is 1. The van der Waals surface area contributed by atoms with E-state index in [0.717, 1.165) is 16.8 Å². The van der Waals surface area contributed by atoms with Crippen LogP contribution in [0.3, 0.4) is 0 Å². The number of nitrogens with two attached hydrogens (primary N) is 1. The molecule has 0 fully saturated rings. The fraction of sp³-hybridized carbons (Fsp3) is 0.316. The molecule has 2 aromatic rings. The van der Waals surface area contributed by atoms with Crippen LogP contribution in [-0.4, -0.2) is 25.2 Å². The molecule has 2 N–H and O–H groups in total. The molecule has 23 heavy (non-hydrogen) atoms. The normalized spacial score (nSPS) is 23.3. The van der Waals surface area contributed by atoms with E-state index in [1.165, 1.54) is 0 Å². The number of hydrogen-bond donors (Lipinski definition) is 1. The predicted molar refractivity (Wildman–Crippen MR) is 91.3 cm³/mol. The molecule has 1 heterocycles. The van der Waals surface area contributed by atoms with Crippen molar-refractivity contribution in [3.05, 3.63) is 65.7 Å². The van der Waals surface area contributed by atoms with Crippen LogP contribution in [0.15, 0.2) is 54.6 Å². The molecule has 4 nitrogen and oxygen atoms in total. The lowest BCUT2D eigenvalue weighted by Gasteiger charge is -2.46. The molecule has 0 radical (unpaired) electrons. The van der Waals surface area contributed by atoms with E-state index < -0.39 is 5.54 Å². The van der Waals surface area contributed by atoms with E-state index in [1.54, 1.807) is 6.92 Å². The molecule has 0 aromatic heterocycles. The Labute approximate surface area is 136 Å². The van der Waals surface area contributed by atoms with Crippen molar-refractivity contribution in [1.29, 1.82) is 0 Å². The highest BCUT2D eigenvalue weighted by Crippen LogP contribution is 2.42. The highest BCUT2D eigenvalue weighted by atomic mass is 16.5. The van der Waals surface area contributed by atoms with E-state index in [-0.39, 0.29) is 12.0 Å². The Morgan fingerprint density at radius 1 is 1.22 bits per heavy atom. The van der Waals surface area contributed by atoms with E-state index in [9.17, 15) is 4.79 Å². The fourth-order valence-electron chi connectivity index (χ4n) is 3.51. The number of nitrogens with zero attached hydrogens (tertiary/aromatic N) is 1. The molecular formula is C19H22N2O2. The van der Waals surface area contributed by atoms with Crippen LogP contribution in [0, 0.1) is 0 Å². The minimum Gasteiger partial charge on any atom is -0.465 e. The van der Waals surface area contributed by atoms with Crippen molar-refractivity contribution in [3.63, 3.8) is 0 Å². The number of fused-ring (bicyclic) bond motifs is 1. The minimum atomic E-state index is -1.11. The summed E-state index contributed by atoms with van der Waals surface area (Å²) in [6.07, 6.45) is 0.464. The second-order valence-corrected chi connectivity index (χ2v) is 5.99. The first-order valence-electron chi connectivity index (χ1n) is 7.89. The molecule has 2 atom stereocenters. The van der Waals surface area contributed by atoms with E-state index in [2.05, 4.69) is 11.0 Å². The third-order valence-electron chi connectivity index (χ3n) is 4.50. The molecule has 0 bridgehead atoms. The largest absolute Gasteiger partial charge is 0.465 e. The molecule has 0 spiro atoms. The van der Waals surface area contributed by atoms with Crippen LogP contribution in [0.1, 0.15) is 24.1 Å². The van der Waals surface area contributed by atoms with E-state index >= 15 is 0 Å². The number of rotatable bonds is 3. The van der Waals surface area contributed by atoms with Gasteiger partial charge in [-0.3, -0.25) is 0 Å². The first-order valence-corrected chi connectivity index (χ1v) is 7.89. The fourth-order valence-corrected chi connectivity index (χ4v) is 3.51. The molecule has 4 heteroatoms. The Hall–Kier alpha value is -2.33. The van der Waals surface area contributed by atoms with Crippen molar-refractivity contribution in [2.45, 2.75) is 24.9 Å². The maximum absolute atomic E-state index is 12.7. The van der Waals surface area contributed by atoms with E-state index in [1.807, 2.05) is 55.6 Å². The van der Waals surface area contributed by atoms with Crippen LogP contribution in [0.2, 0.25) is 0 Å². The van der Waals surface area contributed by atoms with Crippen LogP contribution >= 0.6 is 0 Å². The van der Waals surface area contributed by atoms with E-state index in [4.69, 9.17) is 10.5 Å². The first-order chi connectivity index (χ1) is 11.1. The summed E-state index contributed by atoms with van der Waals surface area (Å²) in [4.78, 5) is 14.8. The topological polar surface area (TPSA) is 55.6 Å². The third-order valence-corrected chi connectivity index (χ3v) is 4.50. The average molecular weight is 310 g/mol. The summed E-state index contributed by atoms with van der Waals surface area (Å²) in [6.45, 7) is 2.13. The van der Waals surface area contributed by atoms with Gasteiger partial charge in [0.05, 0.1) is 12.6 Å². The third kappa shape index (κ3) is 2.59. The summed E-state index contributed by atoms with van der Waals surface area (Å²) in [5.74, 6) is -0.352. The van der Waals surface area contributed by atoms with Gasteiger partial charge < -0.3 is 15.4 Å². The van der Waals surface area contributed by atoms with Crippen LogP contribution in [0.5, 0.6) is 0 Å². The zero-order chi connectivity index (χ0) is 16.4. The lowest BCUT2D eigenvalue weighted by atomic mass is 9.76. The minimum absolute atomic E-state index is 0.266. The predicted octanol–water partition coefficient (Wildman–Crippen LogP) is 2.68. The quantitative estimate of drug-likeness (QED) is 0.886.